The fourth-order valence-corrected chi connectivity index (χ4v) is 2.48. The zero-order valence-electron chi connectivity index (χ0n) is 11.4. The highest BCUT2D eigenvalue weighted by Crippen LogP contribution is 2.21. The van der Waals surface area contributed by atoms with E-state index < -0.39 is 0 Å². The Morgan fingerprint density at radius 1 is 1.45 bits per heavy atom. The Morgan fingerprint density at radius 2 is 2.25 bits per heavy atom. The first-order chi connectivity index (χ1) is 9.65. The minimum absolute atomic E-state index is 0.0607. The van der Waals surface area contributed by atoms with Crippen molar-refractivity contribution in [3.05, 3.63) is 36.0 Å². The number of aromatic nitrogens is 1. The van der Waals surface area contributed by atoms with Crippen LogP contribution in [0.4, 0.5) is 5.69 Å². The van der Waals surface area contributed by atoms with E-state index in [2.05, 4.69) is 4.98 Å². The lowest BCUT2D eigenvalue weighted by Gasteiger charge is -2.31. The first kappa shape index (κ1) is 12.9. The highest BCUT2D eigenvalue weighted by atomic mass is 16.5. The number of nitrogen functional groups attached to an aromatic ring is 1. The average molecular weight is 271 g/mol. The number of carbonyl (C=O) groups is 1. The van der Waals surface area contributed by atoms with Crippen LogP contribution in [0.1, 0.15) is 17.4 Å². The third-order valence-corrected chi connectivity index (χ3v) is 3.50. The van der Waals surface area contributed by atoms with Gasteiger partial charge in [-0.25, -0.2) is 4.98 Å². The molecule has 0 aliphatic carbocycles. The van der Waals surface area contributed by atoms with E-state index in [0.29, 0.717) is 31.1 Å². The van der Waals surface area contributed by atoms with E-state index in [9.17, 15) is 4.79 Å². The number of ether oxygens (including phenoxy) is 1. The van der Waals surface area contributed by atoms with Crippen LogP contribution in [-0.4, -0.2) is 41.6 Å². The van der Waals surface area contributed by atoms with Crippen molar-refractivity contribution in [2.75, 3.05) is 25.4 Å². The van der Waals surface area contributed by atoms with Gasteiger partial charge in [0.2, 0.25) is 0 Å². The van der Waals surface area contributed by atoms with E-state index in [1.807, 2.05) is 31.2 Å². The van der Waals surface area contributed by atoms with E-state index in [1.54, 1.807) is 11.0 Å². The molecule has 1 aromatic carbocycles. The summed E-state index contributed by atoms with van der Waals surface area (Å²) in [6, 6.07) is 9.23. The molecule has 1 amide bonds. The minimum atomic E-state index is -0.0856. The summed E-state index contributed by atoms with van der Waals surface area (Å²) in [5.41, 5.74) is 7.75. The molecule has 2 aromatic rings. The molecule has 20 heavy (non-hydrogen) atoms. The summed E-state index contributed by atoms with van der Waals surface area (Å²) in [5.74, 6) is -0.0856. The van der Waals surface area contributed by atoms with Gasteiger partial charge in [0.15, 0.2) is 0 Å². The number of hydrogen-bond acceptors (Lipinski definition) is 4. The summed E-state index contributed by atoms with van der Waals surface area (Å²) in [5, 5.41) is 0.874. The summed E-state index contributed by atoms with van der Waals surface area (Å²) in [6.45, 7) is 3.71. The molecule has 1 fully saturated rings. The quantitative estimate of drug-likeness (QED) is 0.856. The lowest BCUT2D eigenvalue weighted by atomic mass is 10.1. The Kier molecular flexibility index (Phi) is 3.28. The molecule has 5 nitrogen and oxygen atoms in total. The predicted molar refractivity (Wildman–Crippen MR) is 77.5 cm³/mol. The lowest BCUT2D eigenvalue weighted by Crippen LogP contribution is -2.44. The van der Waals surface area contributed by atoms with Crippen LogP contribution in [0.25, 0.3) is 10.9 Å². The van der Waals surface area contributed by atoms with Gasteiger partial charge in [0.1, 0.15) is 5.69 Å². The molecule has 2 N–H and O–H groups in total. The molecule has 5 heteroatoms. The normalized spacial score (nSPS) is 19.2. The molecule has 0 spiro atoms. The van der Waals surface area contributed by atoms with Crippen molar-refractivity contribution >= 4 is 22.5 Å². The molecule has 1 saturated heterocycles. The number of carbonyl (C=O) groups excluding carboxylic acids is 1. The third-order valence-electron chi connectivity index (χ3n) is 3.50. The van der Waals surface area contributed by atoms with E-state index >= 15 is 0 Å². The van der Waals surface area contributed by atoms with Gasteiger partial charge < -0.3 is 15.4 Å². The van der Waals surface area contributed by atoms with Crippen LogP contribution >= 0.6 is 0 Å². The van der Waals surface area contributed by atoms with E-state index in [1.165, 1.54) is 0 Å². The smallest absolute Gasteiger partial charge is 0.272 e. The Balaban J connectivity index is 1.95. The monoisotopic (exact) mass is 271 g/mol. The lowest BCUT2D eigenvalue weighted by molar-refractivity contribution is -0.0126. The summed E-state index contributed by atoms with van der Waals surface area (Å²) >= 11 is 0. The van der Waals surface area contributed by atoms with Crippen molar-refractivity contribution < 1.29 is 9.53 Å². The van der Waals surface area contributed by atoms with Gasteiger partial charge in [-0.05, 0) is 19.1 Å². The van der Waals surface area contributed by atoms with Crippen molar-refractivity contribution in [1.29, 1.82) is 0 Å². The van der Waals surface area contributed by atoms with Gasteiger partial charge in [0, 0.05) is 24.2 Å². The van der Waals surface area contributed by atoms with Crippen molar-refractivity contribution in [2.45, 2.75) is 13.0 Å². The second-order valence-corrected chi connectivity index (χ2v) is 5.05. The molecule has 3 rings (SSSR count). The Hall–Kier alpha value is -2.14. The van der Waals surface area contributed by atoms with Gasteiger partial charge in [0.25, 0.3) is 5.91 Å². The summed E-state index contributed by atoms with van der Waals surface area (Å²) in [4.78, 5) is 18.7. The van der Waals surface area contributed by atoms with Crippen LogP contribution in [0.5, 0.6) is 0 Å². The first-order valence-corrected chi connectivity index (χ1v) is 6.71. The number of rotatable bonds is 1. The van der Waals surface area contributed by atoms with Gasteiger partial charge in [-0.15, -0.1) is 0 Å². The number of benzene rings is 1. The molecule has 104 valence electrons. The average Bonchev–Trinajstić information content (AvgIpc) is 2.46. The molecule has 1 aliphatic rings. The van der Waals surface area contributed by atoms with Crippen molar-refractivity contribution in [2.24, 2.45) is 0 Å². The predicted octanol–water partition coefficient (Wildman–Crippen LogP) is 1.68. The molecule has 1 aromatic heterocycles. The molecule has 1 aliphatic heterocycles. The SMILES string of the molecule is CC1CN(C(=O)c2cc(N)c3ccccc3n2)CCO1. The van der Waals surface area contributed by atoms with Crippen LogP contribution in [0.15, 0.2) is 30.3 Å². The van der Waals surface area contributed by atoms with Crippen molar-refractivity contribution in [1.82, 2.24) is 9.88 Å². The van der Waals surface area contributed by atoms with Crippen molar-refractivity contribution in [3.8, 4) is 0 Å². The molecular formula is C15H17N3O2. The number of fused-ring (bicyclic) bond motifs is 1. The standard InChI is InChI=1S/C15H17N3O2/c1-10-9-18(6-7-20-10)15(19)14-8-12(16)11-4-2-3-5-13(11)17-14/h2-5,8,10H,6-7,9H2,1H3,(H2,16,17). The largest absolute Gasteiger partial charge is 0.398 e. The van der Waals surface area contributed by atoms with Gasteiger partial charge >= 0.3 is 0 Å². The fraction of sp³-hybridized carbons (Fsp3) is 0.333. The number of anilines is 1. The van der Waals surface area contributed by atoms with Gasteiger partial charge in [-0.1, -0.05) is 18.2 Å². The molecule has 1 atom stereocenters. The van der Waals surface area contributed by atoms with E-state index in [-0.39, 0.29) is 12.0 Å². The first-order valence-electron chi connectivity index (χ1n) is 6.71. The molecule has 2 heterocycles. The maximum Gasteiger partial charge on any atom is 0.272 e. The second-order valence-electron chi connectivity index (χ2n) is 5.05. The zero-order valence-corrected chi connectivity index (χ0v) is 11.4. The van der Waals surface area contributed by atoms with Crippen LogP contribution in [0.3, 0.4) is 0 Å². The highest BCUT2D eigenvalue weighted by Gasteiger charge is 2.23. The van der Waals surface area contributed by atoms with E-state index in [0.717, 1.165) is 10.9 Å². The van der Waals surface area contributed by atoms with Crippen LogP contribution in [0.2, 0.25) is 0 Å². The summed E-state index contributed by atoms with van der Waals surface area (Å²) in [7, 11) is 0. The number of para-hydroxylation sites is 1. The molecule has 1 unspecified atom stereocenters. The molecule has 0 saturated carbocycles. The van der Waals surface area contributed by atoms with Crippen molar-refractivity contribution in [3.63, 3.8) is 0 Å². The third kappa shape index (κ3) is 2.32. The van der Waals surface area contributed by atoms with Gasteiger partial charge in [-0.3, -0.25) is 4.79 Å². The number of nitrogens with two attached hydrogens (primary N) is 1. The zero-order chi connectivity index (χ0) is 14.1. The van der Waals surface area contributed by atoms with Crippen LogP contribution in [0, 0.1) is 0 Å². The fourth-order valence-electron chi connectivity index (χ4n) is 2.48. The number of morpholine rings is 1. The maximum atomic E-state index is 12.5. The number of pyridine rings is 1. The molecule has 0 bridgehead atoms. The summed E-state index contributed by atoms with van der Waals surface area (Å²) < 4.78 is 5.45. The molecule has 0 radical (unpaired) electrons. The minimum Gasteiger partial charge on any atom is -0.398 e. The highest BCUT2D eigenvalue weighted by molar-refractivity contribution is 5.99. The Labute approximate surface area is 117 Å². The van der Waals surface area contributed by atoms with Gasteiger partial charge in [0.05, 0.1) is 18.2 Å². The summed E-state index contributed by atoms with van der Waals surface area (Å²) in [6.07, 6.45) is 0.0607. The van der Waals surface area contributed by atoms with Crippen LogP contribution < -0.4 is 5.73 Å². The van der Waals surface area contributed by atoms with Crippen LogP contribution in [-0.2, 0) is 4.74 Å². The Morgan fingerprint density at radius 3 is 3.05 bits per heavy atom. The second kappa shape index (κ2) is 5.09. The molecular weight excluding hydrogens is 254 g/mol. The number of hydrogen-bond donors (Lipinski definition) is 1. The maximum absolute atomic E-state index is 12.5. The number of nitrogens with zero attached hydrogens (tertiary/aromatic N) is 2. The van der Waals surface area contributed by atoms with Gasteiger partial charge in [-0.2, -0.15) is 0 Å². The topological polar surface area (TPSA) is 68.5 Å². The Bertz CT molecular complexity index is 657. The number of amides is 1. The van der Waals surface area contributed by atoms with E-state index in [4.69, 9.17) is 10.5 Å².